The van der Waals surface area contributed by atoms with Gasteiger partial charge in [-0.25, -0.2) is 4.79 Å². The summed E-state index contributed by atoms with van der Waals surface area (Å²) in [6.07, 6.45) is 6.31. The molecule has 2 N–H and O–H groups in total. The van der Waals surface area contributed by atoms with E-state index in [0.29, 0.717) is 6.42 Å². The summed E-state index contributed by atoms with van der Waals surface area (Å²) >= 11 is 0. The third-order valence-corrected chi connectivity index (χ3v) is 5.44. The van der Waals surface area contributed by atoms with E-state index < -0.39 is 11.6 Å². The maximum absolute atomic E-state index is 12.8. The Balaban J connectivity index is 2.04. The highest BCUT2D eigenvalue weighted by Crippen LogP contribution is 2.25. The van der Waals surface area contributed by atoms with Gasteiger partial charge < -0.3 is 10.6 Å². The lowest BCUT2D eigenvalue weighted by molar-refractivity contribution is -0.133. The molecule has 1 atom stereocenters. The summed E-state index contributed by atoms with van der Waals surface area (Å²) in [4.78, 5) is 38.8. The van der Waals surface area contributed by atoms with Crippen LogP contribution in [0.15, 0.2) is 18.2 Å². The van der Waals surface area contributed by atoms with E-state index in [-0.39, 0.29) is 18.4 Å². The molecule has 1 heterocycles. The van der Waals surface area contributed by atoms with Crippen LogP contribution in [0, 0.1) is 0 Å². The molecule has 0 radical (unpaired) electrons. The molecule has 1 aromatic rings. The summed E-state index contributed by atoms with van der Waals surface area (Å²) in [6, 6.07) is 5.46. The van der Waals surface area contributed by atoms with Crippen molar-refractivity contribution in [2.45, 2.75) is 78.2 Å². The molecule has 1 fully saturated rings. The number of hydrogen-bond donors (Lipinski definition) is 2. The Morgan fingerprint density at radius 2 is 1.71 bits per heavy atom. The van der Waals surface area contributed by atoms with Crippen molar-refractivity contribution in [3.8, 4) is 0 Å². The van der Waals surface area contributed by atoms with Crippen molar-refractivity contribution in [1.82, 2.24) is 10.2 Å². The second-order valence-corrected chi connectivity index (χ2v) is 7.67. The van der Waals surface area contributed by atoms with E-state index in [0.717, 1.165) is 60.2 Å². The van der Waals surface area contributed by atoms with Gasteiger partial charge in [0.25, 0.3) is 5.91 Å². The van der Waals surface area contributed by atoms with Gasteiger partial charge in [-0.1, -0.05) is 64.7 Å². The second kappa shape index (κ2) is 9.71. The number of imide groups is 1. The third-order valence-electron chi connectivity index (χ3n) is 5.44. The van der Waals surface area contributed by atoms with Crippen LogP contribution in [0.1, 0.15) is 70.9 Å². The molecular weight excluding hydrogens is 354 g/mol. The first-order chi connectivity index (χ1) is 13.4. The Hall–Kier alpha value is -2.37. The molecule has 0 saturated carbocycles. The number of benzene rings is 1. The molecule has 1 aromatic carbocycles. The lowest BCUT2D eigenvalue weighted by atomic mass is 9.94. The summed E-state index contributed by atoms with van der Waals surface area (Å²) in [5.41, 5.74) is 1.98. The summed E-state index contributed by atoms with van der Waals surface area (Å²) in [6.45, 7) is 7.68. The molecule has 0 bridgehead atoms. The number of aryl methyl sites for hydroxylation is 2. The normalized spacial score (nSPS) is 19.1. The van der Waals surface area contributed by atoms with E-state index >= 15 is 0 Å². The highest BCUT2D eigenvalue weighted by atomic mass is 16.2. The molecule has 0 aliphatic carbocycles. The number of anilines is 1. The maximum atomic E-state index is 12.8. The van der Waals surface area contributed by atoms with Gasteiger partial charge in [0.1, 0.15) is 12.1 Å². The fourth-order valence-corrected chi connectivity index (χ4v) is 3.69. The Morgan fingerprint density at radius 3 is 2.29 bits per heavy atom. The average Bonchev–Trinajstić information content (AvgIpc) is 2.88. The molecule has 0 aromatic heterocycles. The number of amides is 4. The lowest BCUT2D eigenvalue weighted by Gasteiger charge is -2.21. The van der Waals surface area contributed by atoms with Crippen LogP contribution >= 0.6 is 0 Å². The zero-order valence-corrected chi connectivity index (χ0v) is 17.6. The van der Waals surface area contributed by atoms with Crippen LogP contribution in [-0.4, -0.2) is 34.8 Å². The van der Waals surface area contributed by atoms with Crippen LogP contribution in [0.5, 0.6) is 0 Å². The number of carbonyl (C=O) groups is 3. The zero-order valence-electron chi connectivity index (χ0n) is 17.6. The van der Waals surface area contributed by atoms with Crippen molar-refractivity contribution in [1.29, 1.82) is 0 Å². The monoisotopic (exact) mass is 387 g/mol. The molecule has 28 heavy (non-hydrogen) atoms. The van der Waals surface area contributed by atoms with Gasteiger partial charge in [-0.2, -0.15) is 0 Å². The molecule has 6 nitrogen and oxygen atoms in total. The quantitative estimate of drug-likeness (QED) is 0.470. The van der Waals surface area contributed by atoms with Crippen molar-refractivity contribution in [2.75, 3.05) is 11.9 Å². The number of hydrogen-bond acceptors (Lipinski definition) is 3. The van der Waals surface area contributed by atoms with Crippen molar-refractivity contribution in [3.05, 3.63) is 29.3 Å². The molecule has 0 spiro atoms. The third kappa shape index (κ3) is 4.91. The van der Waals surface area contributed by atoms with E-state index in [2.05, 4.69) is 17.6 Å². The largest absolute Gasteiger partial charge is 0.325 e. The van der Waals surface area contributed by atoms with Crippen LogP contribution < -0.4 is 10.6 Å². The fourth-order valence-electron chi connectivity index (χ4n) is 3.69. The molecule has 1 unspecified atom stereocenters. The number of urea groups is 1. The maximum Gasteiger partial charge on any atom is 0.325 e. The van der Waals surface area contributed by atoms with Crippen LogP contribution in [0.3, 0.4) is 0 Å². The van der Waals surface area contributed by atoms with Gasteiger partial charge in [0.05, 0.1) is 0 Å². The molecule has 1 aliphatic heterocycles. The number of unbranched alkanes of at least 4 members (excludes halogenated alkanes) is 3. The molecule has 4 amide bonds. The van der Waals surface area contributed by atoms with Gasteiger partial charge in [-0.15, -0.1) is 0 Å². The summed E-state index contributed by atoms with van der Waals surface area (Å²) in [5.74, 6) is -0.669. The van der Waals surface area contributed by atoms with E-state index in [1.807, 2.05) is 32.0 Å². The predicted octanol–water partition coefficient (Wildman–Crippen LogP) is 4.03. The van der Waals surface area contributed by atoms with Crippen molar-refractivity contribution < 1.29 is 14.4 Å². The van der Waals surface area contributed by atoms with Gasteiger partial charge in [0, 0.05) is 5.69 Å². The average molecular weight is 388 g/mol. The van der Waals surface area contributed by atoms with Crippen LogP contribution in [0.25, 0.3) is 0 Å². The summed E-state index contributed by atoms with van der Waals surface area (Å²) in [5, 5.41) is 5.70. The zero-order chi connectivity index (χ0) is 20.7. The Labute approximate surface area is 168 Å². The molecule has 1 saturated heterocycles. The van der Waals surface area contributed by atoms with Gasteiger partial charge in [0.15, 0.2) is 0 Å². The van der Waals surface area contributed by atoms with Crippen molar-refractivity contribution in [3.63, 3.8) is 0 Å². The molecule has 1 aliphatic rings. The first-order valence-electron chi connectivity index (χ1n) is 10.4. The van der Waals surface area contributed by atoms with Crippen molar-refractivity contribution in [2.24, 2.45) is 0 Å². The topological polar surface area (TPSA) is 78.5 Å². The minimum absolute atomic E-state index is 0.267. The number of nitrogens with one attached hydrogen (secondary N) is 2. The first kappa shape index (κ1) is 21.9. The number of nitrogens with zero attached hydrogens (tertiary/aromatic N) is 1. The van der Waals surface area contributed by atoms with Gasteiger partial charge >= 0.3 is 6.03 Å². The molecule has 6 heteroatoms. The second-order valence-electron chi connectivity index (χ2n) is 7.67. The Bertz CT molecular complexity index is 709. The van der Waals surface area contributed by atoms with E-state index in [4.69, 9.17) is 0 Å². The summed E-state index contributed by atoms with van der Waals surface area (Å²) < 4.78 is 0. The fraction of sp³-hybridized carbons (Fsp3) is 0.591. The molecular formula is C22H33N3O3. The molecule has 154 valence electrons. The Morgan fingerprint density at radius 1 is 1.07 bits per heavy atom. The number of carbonyl (C=O) groups excluding carboxylic acids is 3. The lowest BCUT2D eigenvalue weighted by Crippen LogP contribution is -2.44. The van der Waals surface area contributed by atoms with Gasteiger partial charge in [-0.3, -0.25) is 14.5 Å². The number of rotatable bonds is 10. The summed E-state index contributed by atoms with van der Waals surface area (Å²) in [7, 11) is 0. The SMILES string of the molecule is CCCCCCC1(C)NC(=O)N(CC(=O)Nc2c(CC)cccc2CC)C1=O. The Kier molecular flexibility index (Phi) is 7.61. The van der Waals surface area contributed by atoms with E-state index in [1.54, 1.807) is 6.92 Å². The van der Waals surface area contributed by atoms with Crippen LogP contribution in [0.2, 0.25) is 0 Å². The molecule has 2 rings (SSSR count). The minimum atomic E-state index is -0.916. The van der Waals surface area contributed by atoms with Gasteiger partial charge in [-0.05, 0) is 37.3 Å². The van der Waals surface area contributed by atoms with Crippen LogP contribution in [-0.2, 0) is 22.4 Å². The van der Waals surface area contributed by atoms with Crippen LogP contribution in [0.4, 0.5) is 10.5 Å². The van der Waals surface area contributed by atoms with E-state index in [9.17, 15) is 14.4 Å². The standard InChI is InChI=1S/C22H33N3O3/c1-5-8-9-10-14-22(4)20(27)25(21(28)24-22)15-18(26)23-19-16(6-2)12-11-13-17(19)7-3/h11-13H,5-10,14-15H2,1-4H3,(H,23,26)(H,24,28). The number of para-hydroxylation sites is 1. The smallest absolute Gasteiger partial charge is 0.324 e. The first-order valence-corrected chi connectivity index (χ1v) is 10.4. The predicted molar refractivity (Wildman–Crippen MR) is 111 cm³/mol. The highest BCUT2D eigenvalue weighted by molar-refractivity contribution is 6.10. The van der Waals surface area contributed by atoms with Crippen molar-refractivity contribution >= 4 is 23.5 Å². The van der Waals surface area contributed by atoms with Gasteiger partial charge in [0.2, 0.25) is 5.91 Å². The van der Waals surface area contributed by atoms with E-state index in [1.165, 1.54) is 0 Å². The highest BCUT2D eigenvalue weighted by Gasteiger charge is 2.47. The minimum Gasteiger partial charge on any atom is -0.324 e.